The first-order valence-electron chi connectivity index (χ1n) is 10.3. The van der Waals surface area contributed by atoms with Crippen LogP contribution in [0.4, 0.5) is 4.79 Å². The second-order valence-electron chi connectivity index (χ2n) is 7.54. The topological polar surface area (TPSA) is 85.2 Å². The Morgan fingerprint density at radius 3 is 2.56 bits per heavy atom. The maximum atomic E-state index is 12.9. The van der Waals surface area contributed by atoms with Crippen LogP contribution in [0, 0.1) is 6.92 Å². The molecule has 7 heteroatoms. The Morgan fingerprint density at radius 2 is 1.88 bits per heavy atom. The second-order valence-corrected chi connectivity index (χ2v) is 7.54. The molecule has 0 fully saturated rings. The minimum Gasteiger partial charge on any atom is -0.458 e. The minimum absolute atomic E-state index is 0.0738. The van der Waals surface area contributed by atoms with E-state index in [0.717, 1.165) is 16.8 Å². The van der Waals surface area contributed by atoms with E-state index in [1.165, 1.54) is 6.08 Å². The lowest BCUT2D eigenvalue weighted by molar-refractivity contribution is -0.138. The van der Waals surface area contributed by atoms with Crippen molar-refractivity contribution in [1.29, 1.82) is 0 Å². The molecule has 1 aliphatic heterocycles. The predicted octanol–water partition coefficient (Wildman–Crippen LogP) is 4.20. The summed E-state index contributed by atoms with van der Waals surface area (Å²) in [5, 5.41) is 10.4. The average Bonchev–Trinajstić information content (AvgIpc) is 3.23. The zero-order valence-electron chi connectivity index (χ0n) is 18.0. The van der Waals surface area contributed by atoms with Gasteiger partial charge in [-0.05, 0) is 26.0 Å². The lowest BCUT2D eigenvalue weighted by Crippen LogP contribution is -2.45. The van der Waals surface area contributed by atoms with Crippen molar-refractivity contribution in [1.82, 2.24) is 20.4 Å². The minimum atomic E-state index is -0.727. The number of esters is 1. The van der Waals surface area contributed by atoms with Gasteiger partial charge < -0.3 is 15.4 Å². The number of carbonyl (C=O) groups excluding carboxylic acids is 2. The number of para-hydroxylation sites is 1. The Kier molecular flexibility index (Phi) is 5.89. The van der Waals surface area contributed by atoms with E-state index in [9.17, 15) is 9.59 Å². The van der Waals surface area contributed by atoms with E-state index in [2.05, 4.69) is 17.2 Å². The maximum absolute atomic E-state index is 12.9. The van der Waals surface area contributed by atoms with Gasteiger partial charge in [0.2, 0.25) is 0 Å². The monoisotopic (exact) mass is 428 g/mol. The summed E-state index contributed by atoms with van der Waals surface area (Å²) in [5.74, 6) is -0.526. The highest BCUT2D eigenvalue weighted by molar-refractivity contribution is 5.95. The van der Waals surface area contributed by atoms with Crippen LogP contribution in [0.3, 0.4) is 0 Å². The van der Waals surface area contributed by atoms with Gasteiger partial charge in [-0.3, -0.25) is 0 Å². The number of rotatable bonds is 6. The molecule has 4 rings (SSSR count). The van der Waals surface area contributed by atoms with Crippen LogP contribution in [0.15, 0.2) is 84.7 Å². The molecule has 7 nitrogen and oxygen atoms in total. The molecule has 0 aliphatic carbocycles. The van der Waals surface area contributed by atoms with E-state index in [4.69, 9.17) is 9.84 Å². The van der Waals surface area contributed by atoms with Crippen LogP contribution in [-0.4, -0.2) is 28.4 Å². The largest absolute Gasteiger partial charge is 0.458 e. The van der Waals surface area contributed by atoms with Crippen molar-refractivity contribution >= 4 is 12.0 Å². The fourth-order valence-electron chi connectivity index (χ4n) is 3.66. The Balaban J connectivity index is 1.88. The summed E-state index contributed by atoms with van der Waals surface area (Å²) in [6.45, 7) is 7.36. The fourth-order valence-corrected chi connectivity index (χ4v) is 3.66. The molecule has 0 saturated heterocycles. The van der Waals surface area contributed by atoms with Gasteiger partial charge >= 0.3 is 12.0 Å². The number of allylic oxidation sites excluding steroid dienone is 1. The summed E-state index contributed by atoms with van der Waals surface area (Å²) in [7, 11) is 0. The van der Waals surface area contributed by atoms with Gasteiger partial charge in [0.1, 0.15) is 6.61 Å². The number of amides is 2. The Bertz CT molecular complexity index is 1190. The first-order chi connectivity index (χ1) is 15.5. The summed E-state index contributed by atoms with van der Waals surface area (Å²) in [4.78, 5) is 25.2. The van der Waals surface area contributed by atoms with Crippen LogP contribution in [0.25, 0.3) is 16.9 Å². The number of hydrogen-bond acceptors (Lipinski definition) is 4. The number of ether oxygens (including phenoxy) is 1. The molecule has 1 aromatic heterocycles. The zero-order chi connectivity index (χ0) is 22.7. The van der Waals surface area contributed by atoms with Crippen LogP contribution in [0.1, 0.15) is 24.1 Å². The maximum Gasteiger partial charge on any atom is 0.338 e. The van der Waals surface area contributed by atoms with Crippen molar-refractivity contribution in [3.63, 3.8) is 0 Å². The molecule has 0 bridgehead atoms. The third kappa shape index (κ3) is 4.18. The van der Waals surface area contributed by atoms with Gasteiger partial charge in [0.15, 0.2) is 0 Å². The summed E-state index contributed by atoms with van der Waals surface area (Å²) in [6, 6.07) is 16.5. The van der Waals surface area contributed by atoms with E-state index in [1.807, 2.05) is 67.7 Å². The first-order valence-corrected chi connectivity index (χ1v) is 10.3. The van der Waals surface area contributed by atoms with Crippen molar-refractivity contribution in [3.8, 4) is 16.9 Å². The van der Waals surface area contributed by atoms with Gasteiger partial charge in [-0.15, -0.1) is 0 Å². The molecule has 0 radical (unpaired) electrons. The molecule has 1 atom stereocenters. The zero-order valence-corrected chi connectivity index (χ0v) is 18.0. The molecule has 162 valence electrons. The van der Waals surface area contributed by atoms with Crippen LogP contribution >= 0.6 is 0 Å². The van der Waals surface area contributed by atoms with Crippen LogP contribution in [0.5, 0.6) is 0 Å². The van der Waals surface area contributed by atoms with E-state index in [-0.39, 0.29) is 6.61 Å². The van der Waals surface area contributed by atoms with Gasteiger partial charge in [0, 0.05) is 23.0 Å². The molecule has 2 N–H and O–H groups in total. The number of nitrogens with one attached hydrogen (secondary N) is 2. The van der Waals surface area contributed by atoms with Crippen molar-refractivity contribution in [2.24, 2.45) is 0 Å². The molecule has 2 amide bonds. The predicted molar refractivity (Wildman–Crippen MR) is 122 cm³/mol. The van der Waals surface area contributed by atoms with Crippen molar-refractivity contribution < 1.29 is 14.3 Å². The summed E-state index contributed by atoms with van der Waals surface area (Å²) in [5.41, 5.74) is 4.99. The number of urea groups is 1. The second kappa shape index (κ2) is 8.93. The Hall–Kier alpha value is -4.13. The van der Waals surface area contributed by atoms with E-state index >= 15 is 0 Å². The van der Waals surface area contributed by atoms with Crippen LogP contribution < -0.4 is 10.6 Å². The SMILES string of the molecule is C=CCOC(=O)C1=C(C)NC(=O)NC1c1cn(-c2ccccc2)nc1-c1ccc(C)cc1. The molecule has 2 aromatic carbocycles. The van der Waals surface area contributed by atoms with E-state index < -0.39 is 18.0 Å². The quantitative estimate of drug-likeness (QED) is 0.455. The van der Waals surface area contributed by atoms with Crippen LogP contribution in [0.2, 0.25) is 0 Å². The molecular formula is C25H24N4O3. The number of benzene rings is 2. The molecule has 0 spiro atoms. The van der Waals surface area contributed by atoms with E-state index in [1.54, 1.807) is 11.6 Å². The van der Waals surface area contributed by atoms with Crippen molar-refractivity contribution in [2.45, 2.75) is 19.9 Å². The Labute approximate surface area is 186 Å². The highest BCUT2D eigenvalue weighted by Crippen LogP contribution is 2.35. The number of aromatic nitrogens is 2. The first kappa shape index (κ1) is 21.1. The van der Waals surface area contributed by atoms with Gasteiger partial charge in [-0.1, -0.05) is 60.7 Å². The molecule has 0 saturated carbocycles. The molecule has 32 heavy (non-hydrogen) atoms. The van der Waals surface area contributed by atoms with Crippen LogP contribution in [-0.2, 0) is 9.53 Å². The molecule has 1 unspecified atom stereocenters. The number of hydrogen-bond donors (Lipinski definition) is 2. The van der Waals surface area contributed by atoms with Crippen molar-refractivity contribution in [2.75, 3.05) is 6.61 Å². The lowest BCUT2D eigenvalue weighted by atomic mass is 9.93. The summed E-state index contributed by atoms with van der Waals surface area (Å²) >= 11 is 0. The number of nitrogens with zero attached hydrogens (tertiary/aromatic N) is 2. The van der Waals surface area contributed by atoms with Gasteiger partial charge in [-0.2, -0.15) is 5.10 Å². The third-order valence-corrected chi connectivity index (χ3v) is 5.22. The Morgan fingerprint density at radius 1 is 1.16 bits per heavy atom. The standard InChI is InChI=1S/C25H24N4O3/c1-4-14-32-24(30)21-17(3)26-25(31)27-23(21)20-15-29(19-8-6-5-7-9-19)28-22(20)18-12-10-16(2)11-13-18/h4-13,15,23H,1,14H2,2-3H3,(H2,26,27,31). The highest BCUT2D eigenvalue weighted by atomic mass is 16.5. The average molecular weight is 428 g/mol. The molecule has 3 aromatic rings. The fraction of sp³-hybridized carbons (Fsp3) is 0.160. The smallest absolute Gasteiger partial charge is 0.338 e. The van der Waals surface area contributed by atoms with Gasteiger partial charge in [-0.25, -0.2) is 14.3 Å². The lowest BCUT2D eigenvalue weighted by Gasteiger charge is -2.27. The molecular weight excluding hydrogens is 404 g/mol. The summed E-state index contributed by atoms with van der Waals surface area (Å²) < 4.78 is 7.06. The normalized spacial score (nSPS) is 15.7. The highest BCUT2D eigenvalue weighted by Gasteiger charge is 2.35. The van der Waals surface area contributed by atoms with Crippen molar-refractivity contribution in [3.05, 3.63) is 95.8 Å². The van der Waals surface area contributed by atoms with Gasteiger partial charge in [0.25, 0.3) is 0 Å². The summed E-state index contributed by atoms with van der Waals surface area (Å²) in [6.07, 6.45) is 3.34. The van der Waals surface area contributed by atoms with E-state index in [0.29, 0.717) is 22.5 Å². The molecule has 1 aliphatic rings. The number of carbonyl (C=O) groups is 2. The molecule has 2 heterocycles. The third-order valence-electron chi connectivity index (χ3n) is 5.22. The van der Waals surface area contributed by atoms with Gasteiger partial charge in [0.05, 0.1) is 23.0 Å². The number of aryl methyl sites for hydroxylation is 1.